The Kier molecular flexibility index (Phi) is 4.73. The van der Waals surface area contributed by atoms with Gasteiger partial charge in [0.2, 0.25) is 0 Å². The van der Waals surface area contributed by atoms with Crippen LogP contribution >= 0.6 is 22.4 Å². The molecule has 2 aromatic carbocycles. The number of halogens is 1. The Bertz CT molecular complexity index is 812. The number of ether oxygens (including phenoxy) is 1. The molecule has 126 valence electrons. The monoisotopic (exact) mass is 363 g/mol. The molecule has 0 saturated carbocycles. The normalized spacial score (nSPS) is 21.3. The van der Waals surface area contributed by atoms with Crippen molar-refractivity contribution in [3.63, 3.8) is 0 Å². The summed E-state index contributed by atoms with van der Waals surface area (Å²) in [6, 6.07) is 15.1. The van der Waals surface area contributed by atoms with Gasteiger partial charge in [0.05, 0.1) is 12.8 Å². The molecule has 3 rings (SSSR count). The first-order chi connectivity index (χ1) is 11.5. The van der Waals surface area contributed by atoms with Gasteiger partial charge >= 0.3 is 0 Å². The van der Waals surface area contributed by atoms with Crippen LogP contribution in [-0.4, -0.2) is 23.3 Å². The SMILES string of the molecule is COc1cccc(CCS2(NC(N)=S)C(F)=Nc3ccccc32)c1. The number of benzene rings is 2. The lowest BCUT2D eigenvalue weighted by Crippen LogP contribution is -2.36. The Morgan fingerprint density at radius 3 is 2.83 bits per heavy atom. The van der Waals surface area contributed by atoms with E-state index in [1.807, 2.05) is 42.5 Å². The van der Waals surface area contributed by atoms with E-state index in [0.29, 0.717) is 17.9 Å². The zero-order valence-corrected chi connectivity index (χ0v) is 14.8. The quantitative estimate of drug-likeness (QED) is 0.793. The summed E-state index contributed by atoms with van der Waals surface area (Å²) in [5.74, 6) is 1.30. The van der Waals surface area contributed by atoms with E-state index in [1.165, 1.54) is 0 Å². The molecule has 0 radical (unpaired) electrons. The summed E-state index contributed by atoms with van der Waals surface area (Å²) in [5, 5.41) is -0.350. The first kappa shape index (κ1) is 16.7. The maximum atomic E-state index is 14.8. The van der Waals surface area contributed by atoms with Gasteiger partial charge in [-0.1, -0.05) is 34.5 Å². The Morgan fingerprint density at radius 2 is 2.08 bits per heavy atom. The number of hydrogen-bond acceptors (Lipinski definition) is 3. The number of aliphatic imine (C=N–C) groups is 1. The fraction of sp³-hybridized carbons (Fsp3) is 0.176. The minimum atomic E-state index is -2.19. The number of fused-ring (bicyclic) bond motifs is 1. The van der Waals surface area contributed by atoms with Crippen molar-refractivity contribution in [1.82, 2.24) is 4.72 Å². The molecule has 1 atom stereocenters. The largest absolute Gasteiger partial charge is 0.497 e. The summed E-state index contributed by atoms with van der Waals surface area (Å²) >= 11 is 5.00. The van der Waals surface area contributed by atoms with Crippen LogP contribution in [0.1, 0.15) is 5.56 Å². The van der Waals surface area contributed by atoms with E-state index in [0.717, 1.165) is 16.2 Å². The molecule has 0 spiro atoms. The van der Waals surface area contributed by atoms with Crippen LogP contribution in [0.25, 0.3) is 0 Å². The van der Waals surface area contributed by atoms with Crippen molar-refractivity contribution in [1.29, 1.82) is 0 Å². The Labute approximate surface area is 147 Å². The third kappa shape index (κ3) is 3.09. The smallest absolute Gasteiger partial charge is 0.252 e. The highest BCUT2D eigenvalue weighted by molar-refractivity contribution is 8.44. The number of thiocarbonyl (C=S) groups is 1. The van der Waals surface area contributed by atoms with Gasteiger partial charge in [0.15, 0.2) is 5.11 Å². The summed E-state index contributed by atoms with van der Waals surface area (Å²) in [6.45, 7) is 0. The van der Waals surface area contributed by atoms with Gasteiger partial charge in [-0.2, -0.15) is 4.39 Å². The van der Waals surface area contributed by atoms with Crippen LogP contribution in [0.3, 0.4) is 0 Å². The number of hydrogen-bond donors (Lipinski definition) is 2. The fourth-order valence-corrected chi connectivity index (χ4v) is 5.93. The zero-order chi connectivity index (χ0) is 17.2. The van der Waals surface area contributed by atoms with Crippen molar-refractivity contribution in [2.45, 2.75) is 11.3 Å². The highest BCUT2D eigenvalue weighted by atomic mass is 32.3. The second-order valence-electron chi connectivity index (χ2n) is 5.34. The van der Waals surface area contributed by atoms with Crippen LogP contribution < -0.4 is 15.2 Å². The topological polar surface area (TPSA) is 59.6 Å². The number of aryl methyl sites for hydroxylation is 1. The van der Waals surface area contributed by atoms with Crippen molar-refractivity contribution >= 4 is 38.5 Å². The molecular formula is C17H18FN3OS2. The number of nitrogens with zero attached hydrogens (tertiary/aromatic N) is 1. The van der Waals surface area contributed by atoms with Crippen LogP contribution in [0.2, 0.25) is 0 Å². The van der Waals surface area contributed by atoms with Crippen LogP contribution in [-0.2, 0) is 6.42 Å². The van der Waals surface area contributed by atoms with Gasteiger partial charge in [-0.05, 0) is 48.5 Å². The van der Waals surface area contributed by atoms with E-state index in [1.54, 1.807) is 13.2 Å². The Morgan fingerprint density at radius 1 is 1.29 bits per heavy atom. The van der Waals surface area contributed by atoms with E-state index < -0.39 is 15.5 Å². The van der Waals surface area contributed by atoms with E-state index >= 15 is 0 Å². The molecule has 1 unspecified atom stereocenters. The summed E-state index contributed by atoms with van der Waals surface area (Å²) in [5.41, 5.74) is 7.39. The number of nitrogens with two attached hydrogens (primary N) is 1. The second-order valence-corrected chi connectivity index (χ2v) is 8.65. The molecule has 1 heterocycles. The van der Waals surface area contributed by atoms with Gasteiger partial charge in [-0.15, -0.1) is 0 Å². The number of methoxy groups -OCH3 is 1. The van der Waals surface area contributed by atoms with Gasteiger partial charge in [-0.3, -0.25) is 0 Å². The van der Waals surface area contributed by atoms with E-state index in [2.05, 4.69) is 9.71 Å². The molecule has 0 saturated heterocycles. The second kappa shape index (κ2) is 6.78. The Balaban J connectivity index is 1.93. The van der Waals surface area contributed by atoms with Crippen molar-refractivity contribution in [3.8, 4) is 5.75 Å². The molecule has 0 aromatic heterocycles. The van der Waals surface area contributed by atoms with Crippen molar-refractivity contribution in [3.05, 3.63) is 54.1 Å². The van der Waals surface area contributed by atoms with Crippen LogP contribution in [0, 0.1) is 0 Å². The molecule has 4 nitrogen and oxygen atoms in total. The van der Waals surface area contributed by atoms with Gasteiger partial charge in [0.25, 0.3) is 5.30 Å². The minimum Gasteiger partial charge on any atom is -0.497 e. The molecule has 24 heavy (non-hydrogen) atoms. The number of rotatable bonds is 5. The lowest BCUT2D eigenvalue weighted by atomic mass is 10.2. The summed E-state index contributed by atoms with van der Waals surface area (Å²) in [7, 11) is -0.565. The third-order valence-corrected chi connectivity index (χ3v) is 7.22. The molecule has 0 bridgehead atoms. The highest BCUT2D eigenvalue weighted by Gasteiger charge is 2.39. The number of nitrogens with one attached hydrogen (secondary N) is 1. The predicted molar refractivity (Wildman–Crippen MR) is 102 cm³/mol. The van der Waals surface area contributed by atoms with Gasteiger partial charge in [0.1, 0.15) is 5.75 Å². The van der Waals surface area contributed by atoms with Gasteiger partial charge < -0.3 is 15.2 Å². The third-order valence-electron chi connectivity index (χ3n) is 3.84. The molecule has 0 aliphatic carbocycles. The molecular weight excluding hydrogens is 345 g/mol. The maximum Gasteiger partial charge on any atom is 0.252 e. The van der Waals surface area contributed by atoms with Crippen LogP contribution in [0.4, 0.5) is 10.1 Å². The van der Waals surface area contributed by atoms with Crippen molar-refractivity contribution < 1.29 is 9.13 Å². The Hall–Kier alpha value is -2.12. The summed E-state index contributed by atoms with van der Waals surface area (Å²) in [4.78, 5) is 4.92. The first-order valence-corrected chi connectivity index (χ1v) is 9.61. The standard InChI is InChI=1S/C17H18FN3OS2/c1-22-13-6-4-5-12(11-13)9-10-24(21-17(19)23)15-8-3-2-7-14(15)20-16(24)18/h2-8,11H,9-10H2,1H3,(H3,19,21,23). The minimum absolute atomic E-state index is 0.0812. The fourth-order valence-electron chi connectivity index (χ4n) is 2.72. The molecule has 1 aliphatic heterocycles. The maximum absolute atomic E-state index is 14.8. The molecule has 7 heteroatoms. The average Bonchev–Trinajstić information content (AvgIpc) is 2.85. The average molecular weight is 363 g/mol. The highest BCUT2D eigenvalue weighted by Crippen LogP contribution is 2.62. The zero-order valence-electron chi connectivity index (χ0n) is 13.2. The van der Waals surface area contributed by atoms with Gasteiger partial charge in [0, 0.05) is 10.6 Å². The summed E-state index contributed by atoms with van der Waals surface area (Å²) < 4.78 is 23.1. The lowest BCUT2D eigenvalue weighted by Gasteiger charge is -2.35. The first-order valence-electron chi connectivity index (χ1n) is 7.39. The predicted octanol–water partition coefficient (Wildman–Crippen LogP) is 3.82. The number of para-hydroxylation sites is 1. The van der Waals surface area contributed by atoms with E-state index in [9.17, 15) is 4.39 Å². The van der Waals surface area contributed by atoms with E-state index in [4.69, 9.17) is 22.7 Å². The summed E-state index contributed by atoms with van der Waals surface area (Å²) in [6.07, 6.45) is 0.652. The lowest BCUT2D eigenvalue weighted by molar-refractivity contribution is 0.414. The molecule has 0 fully saturated rings. The molecule has 2 aromatic rings. The van der Waals surface area contributed by atoms with Crippen LogP contribution in [0.5, 0.6) is 5.75 Å². The van der Waals surface area contributed by atoms with Crippen molar-refractivity contribution in [2.75, 3.05) is 12.9 Å². The molecule has 3 N–H and O–H groups in total. The van der Waals surface area contributed by atoms with Crippen LogP contribution in [0.15, 0.2) is 58.4 Å². The van der Waals surface area contributed by atoms with E-state index in [-0.39, 0.29) is 5.11 Å². The van der Waals surface area contributed by atoms with Gasteiger partial charge in [-0.25, -0.2) is 4.99 Å². The van der Waals surface area contributed by atoms with Crippen molar-refractivity contribution in [2.24, 2.45) is 10.7 Å². The molecule has 1 aliphatic rings. The molecule has 0 amide bonds.